The molecule has 8 nitrogen and oxygen atoms in total. The summed E-state index contributed by atoms with van der Waals surface area (Å²) >= 11 is 0. The van der Waals surface area contributed by atoms with Crippen LogP contribution in [0.1, 0.15) is 43.7 Å². The summed E-state index contributed by atoms with van der Waals surface area (Å²) in [6.07, 6.45) is 6.82. The van der Waals surface area contributed by atoms with Crippen molar-refractivity contribution in [2.75, 3.05) is 19.7 Å². The minimum absolute atomic E-state index is 0. The lowest BCUT2D eigenvalue weighted by molar-refractivity contribution is -0.742. The molecule has 1 aliphatic rings. The third kappa shape index (κ3) is 18.9. The lowest BCUT2D eigenvalue weighted by atomic mass is 9.98. The third-order valence-corrected chi connectivity index (χ3v) is 4.29. The lowest BCUT2D eigenvalue weighted by Gasteiger charge is -2.31. The number of phenolic OH excluding ortho intramolecular Hbond substituents is 1. The number of ether oxygens (including phenoxy) is 1. The van der Waals surface area contributed by atoms with Gasteiger partial charge in [0, 0.05) is 24.5 Å². The van der Waals surface area contributed by atoms with Crippen molar-refractivity contribution in [2.45, 2.75) is 33.2 Å². The molecule has 0 amide bonds. The summed E-state index contributed by atoms with van der Waals surface area (Å²) in [4.78, 5) is 22.4. The van der Waals surface area contributed by atoms with E-state index >= 15 is 0 Å². The Labute approximate surface area is 235 Å². The van der Waals surface area contributed by atoms with Gasteiger partial charge in [0.25, 0.3) is 5.09 Å². The van der Waals surface area contributed by atoms with Crippen LogP contribution in [0.5, 0.6) is 5.75 Å². The number of piperidine rings is 1. The number of carbonyl (C=O) groups is 1. The zero-order valence-corrected chi connectivity index (χ0v) is 21.1. The SMILES string of the molecule is C#CC#CC#CC#CC#CC#CC#CC.CCOC(=O)C1CCCN(Cc2ccc(O)cc2)C1.O=[N+]([O-])O.[HH].[HH].[HH].[HH].[HH].[HH].[HH].[HH]. The van der Waals surface area contributed by atoms with Gasteiger partial charge in [0.05, 0.1) is 12.5 Å². The maximum Gasteiger partial charge on any atom is 0.310 e. The van der Waals surface area contributed by atoms with Crippen LogP contribution in [-0.2, 0) is 16.1 Å². The molecule has 1 aromatic carbocycles. The number of benzene rings is 1. The second-order valence-electron chi connectivity index (χ2n) is 7.00. The largest absolute Gasteiger partial charge is 0.508 e. The van der Waals surface area contributed by atoms with Gasteiger partial charge in [-0.2, -0.15) is 0 Å². The molecule has 0 bridgehead atoms. The van der Waals surface area contributed by atoms with E-state index < -0.39 is 5.09 Å². The predicted molar refractivity (Wildman–Crippen MR) is 160 cm³/mol. The fraction of sp³-hybridized carbons (Fsp3) is 0.300. The number of phenols is 1. The first-order valence-corrected chi connectivity index (χ1v) is 11.2. The molecule has 38 heavy (non-hydrogen) atoms. The number of nitrogens with zero attached hydrogens (tertiary/aromatic N) is 2. The minimum Gasteiger partial charge on any atom is -0.508 e. The maximum absolute atomic E-state index is 11.8. The summed E-state index contributed by atoms with van der Waals surface area (Å²) in [5.41, 5.74) is 1.15. The van der Waals surface area contributed by atoms with Gasteiger partial charge in [0.15, 0.2) is 0 Å². The fourth-order valence-electron chi connectivity index (χ4n) is 2.89. The van der Waals surface area contributed by atoms with E-state index in [9.17, 15) is 9.90 Å². The summed E-state index contributed by atoms with van der Waals surface area (Å²) in [7, 11) is 0. The Morgan fingerprint density at radius 3 is 2.05 bits per heavy atom. The quantitative estimate of drug-likeness (QED) is 0.258. The van der Waals surface area contributed by atoms with E-state index in [1.807, 2.05) is 19.1 Å². The summed E-state index contributed by atoms with van der Waals surface area (Å²) < 4.78 is 5.10. The molecule has 1 fully saturated rings. The molecular formula is C30H42N2O6. The molecule has 0 radical (unpaired) electrons. The Hall–Kier alpha value is -5.43. The monoisotopic (exact) mass is 526 g/mol. The van der Waals surface area contributed by atoms with Crippen molar-refractivity contribution in [2.24, 2.45) is 5.92 Å². The van der Waals surface area contributed by atoms with Crippen LogP contribution in [-0.4, -0.2) is 46.0 Å². The van der Waals surface area contributed by atoms with Crippen molar-refractivity contribution >= 4 is 5.97 Å². The van der Waals surface area contributed by atoms with Gasteiger partial charge in [0.1, 0.15) is 5.75 Å². The third-order valence-electron chi connectivity index (χ3n) is 4.29. The zero-order chi connectivity index (χ0) is 28.4. The normalized spacial score (nSPS) is 12.2. The molecule has 1 atom stereocenters. The zero-order valence-electron chi connectivity index (χ0n) is 21.1. The van der Waals surface area contributed by atoms with Crippen LogP contribution in [0.2, 0.25) is 0 Å². The average Bonchev–Trinajstić information content (AvgIpc) is 2.89. The highest BCUT2D eigenvalue weighted by molar-refractivity contribution is 5.72. The molecule has 2 rings (SSSR count). The van der Waals surface area contributed by atoms with E-state index in [1.54, 1.807) is 19.1 Å². The number of likely N-dealkylation sites (tertiary alicyclic amines) is 1. The second-order valence-corrected chi connectivity index (χ2v) is 7.00. The highest BCUT2D eigenvalue weighted by Gasteiger charge is 2.26. The van der Waals surface area contributed by atoms with E-state index in [-0.39, 0.29) is 29.0 Å². The van der Waals surface area contributed by atoms with Crippen molar-refractivity contribution in [1.82, 2.24) is 4.90 Å². The lowest BCUT2D eigenvalue weighted by Crippen LogP contribution is -2.38. The number of hydrogen-bond acceptors (Lipinski definition) is 6. The molecule has 1 aliphatic heterocycles. The number of rotatable bonds is 4. The number of carbonyl (C=O) groups excluding carboxylic acids is 1. The molecule has 0 saturated carbocycles. The maximum atomic E-state index is 11.8. The molecule has 0 aromatic heterocycles. The first-order valence-electron chi connectivity index (χ1n) is 11.2. The summed E-state index contributed by atoms with van der Waals surface area (Å²) in [6.45, 7) is 6.59. The number of esters is 1. The van der Waals surface area contributed by atoms with Gasteiger partial charge >= 0.3 is 5.97 Å². The molecule has 2 N–H and O–H groups in total. The van der Waals surface area contributed by atoms with Crippen LogP contribution in [0.25, 0.3) is 0 Å². The summed E-state index contributed by atoms with van der Waals surface area (Å²) in [5, 5.41) is 22.9. The Kier molecular flexibility index (Phi) is 18.9. The molecule has 0 aliphatic carbocycles. The van der Waals surface area contributed by atoms with E-state index in [2.05, 4.69) is 81.9 Å². The van der Waals surface area contributed by atoms with Crippen molar-refractivity contribution in [3.8, 4) is 89.1 Å². The standard InChI is InChI=1S/C15H21NO3.C15H4.HNO3.8H2/c1-2-19-15(18)13-4-3-9-16(11-13)10-12-5-7-14(17)8-6-12;1-3-5-7-9-11-13-15-14-12-10-8-6-4-2;2-1(3)4;;;;;;;;/h5-8,13,17H,2-4,9-11H2,1H3;1H,2H3;(H,2,3,4);8*1H. The minimum atomic E-state index is -1.50. The van der Waals surface area contributed by atoms with Crippen molar-refractivity contribution < 1.29 is 36.3 Å². The Bertz CT molecular complexity index is 1360. The average molecular weight is 527 g/mol. The van der Waals surface area contributed by atoms with E-state index in [0.717, 1.165) is 38.0 Å². The number of aromatic hydroxyl groups is 1. The molecular weight excluding hydrogens is 484 g/mol. The Balaban J connectivity index is -0.0000000668. The second kappa shape index (κ2) is 22.1. The van der Waals surface area contributed by atoms with Crippen molar-refractivity contribution in [1.29, 1.82) is 0 Å². The molecule has 1 unspecified atom stereocenters. The summed E-state index contributed by atoms with van der Waals surface area (Å²) in [5.74, 6) is 32.1. The predicted octanol–water partition coefficient (Wildman–Crippen LogP) is 4.45. The van der Waals surface area contributed by atoms with Crippen LogP contribution in [0.3, 0.4) is 0 Å². The van der Waals surface area contributed by atoms with Gasteiger partial charge in [-0.1, -0.05) is 18.1 Å². The van der Waals surface area contributed by atoms with E-state index in [0.29, 0.717) is 6.61 Å². The highest BCUT2D eigenvalue weighted by Crippen LogP contribution is 2.20. The van der Waals surface area contributed by atoms with Gasteiger partial charge in [-0.15, -0.1) is 16.5 Å². The highest BCUT2D eigenvalue weighted by atomic mass is 16.9. The number of hydrogen-bond donors (Lipinski definition) is 2. The molecule has 1 saturated heterocycles. The van der Waals surface area contributed by atoms with Crippen LogP contribution >= 0.6 is 0 Å². The van der Waals surface area contributed by atoms with Crippen LogP contribution in [0.4, 0.5) is 0 Å². The fourth-order valence-corrected chi connectivity index (χ4v) is 2.89. The van der Waals surface area contributed by atoms with Crippen LogP contribution in [0, 0.1) is 99.4 Å². The Morgan fingerprint density at radius 2 is 1.58 bits per heavy atom. The molecule has 0 spiro atoms. The van der Waals surface area contributed by atoms with Gasteiger partial charge in [0.2, 0.25) is 0 Å². The molecule has 1 heterocycles. The smallest absolute Gasteiger partial charge is 0.310 e. The topological polar surface area (TPSA) is 113 Å². The van der Waals surface area contributed by atoms with Crippen molar-refractivity contribution in [3.63, 3.8) is 0 Å². The first kappa shape index (κ1) is 32.6. The summed E-state index contributed by atoms with van der Waals surface area (Å²) in [6, 6.07) is 7.23. The Morgan fingerprint density at radius 1 is 1.08 bits per heavy atom. The van der Waals surface area contributed by atoms with Gasteiger partial charge in [-0.25, -0.2) is 0 Å². The van der Waals surface area contributed by atoms with Gasteiger partial charge in [-0.05, 0) is 122 Å². The number of terminal acetylenes is 1. The van der Waals surface area contributed by atoms with Crippen LogP contribution in [0.15, 0.2) is 24.3 Å². The van der Waals surface area contributed by atoms with Gasteiger partial charge < -0.3 is 15.1 Å². The molecule has 208 valence electrons. The van der Waals surface area contributed by atoms with Gasteiger partial charge in [-0.3, -0.25) is 9.69 Å². The molecule has 1 aromatic rings. The van der Waals surface area contributed by atoms with E-state index in [1.165, 1.54) is 0 Å². The molecule has 8 heteroatoms. The first-order chi connectivity index (χ1) is 18.3. The van der Waals surface area contributed by atoms with E-state index in [4.69, 9.17) is 26.5 Å². The van der Waals surface area contributed by atoms with Crippen molar-refractivity contribution in [3.05, 3.63) is 39.9 Å². The van der Waals surface area contributed by atoms with Crippen LogP contribution < -0.4 is 0 Å².